The standard InChI is InChI=1S/C31H32N2O6S/c1-20-18-33(30(40)32-29(20)35)28-17-26(34)27(39-28)19-38-31(21-7-5-4-6-8-21,22-9-13-24(36-2)14-10-22)23-11-15-25(37-3)16-12-23/h4-16,18,26-28,34H,17,19H2,1-3H3,(H,32,35,40)/t26-,27+,28+/m1/s1. The summed E-state index contributed by atoms with van der Waals surface area (Å²) in [7, 11) is 3.26. The number of hydrogen-bond acceptors (Lipinski definition) is 7. The molecule has 0 saturated carbocycles. The van der Waals surface area contributed by atoms with Gasteiger partial charge in [0.1, 0.15) is 29.4 Å². The Morgan fingerprint density at radius 3 is 2.05 bits per heavy atom. The van der Waals surface area contributed by atoms with Crippen molar-refractivity contribution in [3.05, 3.63) is 122 Å². The molecule has 0 spiro atoms. The fourth-order valence-electron chi connectivity index (χ4n) is 5.12. The molecule has 0 bridgehead atoms. The Labute approximate surface area is 237 Å². The summed E-state index contributed by atoms with van der Waals surface area (Å²) in [5.74, 6) is 1.46. The van der Waals surface area contributed by atoms with Gasteiger partial charge in [0.15, 0.2) is 4.77 Å². The highest BCUT2D eigenvalue weighted by Crippen LogP contribution is 2.42. The van der Waals surface area contributed by atoms with Crippen LogP contribution >= 0.6 is 12.2 Å². The summed E-state index contributed by atoms with van der Waals surface area (Å²) in [6.07, 6.45) is -0.0278. The van der Waals surface area contributed by atoms with Crippen LogP contribution in [0.15, 0.2) is 89.9 Å². The van der Waals surface area contributed by atoms with Gasteiger partial charge in [-0.2, -0.15) is 0 Å². The third-order valence-electron chi connectivity index (χ3n) is 7.30. The van der Waals surface area contributed by atoms with E-state index >= 15 is 0 Å². The number of nitrogens with zero attached hydrogens (tertiary/aromatic N) is 1. The maximum absolute atomic E-state index is 12.0. The fraction of sp³-hybridized carbons (Fsp3) is 0.290. The number of aromatic amines is 1. The van der Waals surface area contributed by atoms with Gasteiger partial charge in [-0.15, -0.1) is 0 Å². The summed E-state index contributed by atoms with van der Waals surface area (Å²) < 4.78 is 25.9. The van der Waals surface area contributed by atoms with Gasteiger partial charge in [-0.05, 0) is 60.1 Å². The predicted molar refractivity (Wildman–Crippen MR) is 153 cm³/mol. The van der Waals surface area contributed by atoms with Gasteiger partial charge in [0.05, 0.1) is 26.9 Å². The van der Waals surface area contributed by atoms with E-state index in [-0.39, 0.29) is 16.9 Å². The molecule has 208 valence electrons. The van der Waals surface area contributed by atoms with Crippen molar-refractivity contribution in [1.82, 2.24) is 9.55 Å². The minimum Gasteiger partial charge on any atom is -0.497 e. The number of nitrogens with one attached hydrogen (secondary N) is 1. The van der Waals surface area contributed by atoms with Crippen molar-refractivity contribution in [3.8, 4) is 11.5 Å². The van der Waals surface area contributed by atoms with Crippen molar-refractivity contribution in [2.24, 2.45) is 0 Å². The van der Waals surface area contributed by atoms with Crippen LogP contribution in [0.2, 0.25) is 0 Å². The predicted octanol–water partition coefficient (Wildman–Crippen LogP) is 4.89. The van der Waals surface area contributed by atoms with Gasteiger partial charge in [0.2, 0.25) is 0 Å². The number of benzene rings is 3. The minimum atomic E-state index is -1.04. The first-order valence-corrected chi connectivity index (χ1v) is 13.4. The number of aliphatic hydroxyl groups is 1. The molecule has 9 heteroatoms. The highest BCUT2D eigenvalue weighted by Gasteiger charge is 2.42. The van der Waals surface area contributed by atoms with Gasteiger partial charge in [-0.3, -0.25) is 14.3 Å². The third kappa shape index (κ3) is 5.33. The quantitative estimate of drug-likeness (QED) is 0.222. The first kappa shape index (κ1) is 27.8. The molecule has 2 N–H and O–H groups in total. The van der Waals surface area contributed by atoms with E-state index in [0.717, 1.165) is 28.2 Å². The number of rotatable bonds is 9. The van der Waals surface area contributed by atoms with Crippen LogP contribution in [0.4, 0.5) is 0 Å². The largest absolute Gasteiger partial charge is 0.497 e. The van der Waals surface area contributed by atoms with Gasteiger partial charge in [-0.25, -0.2) is 0 Å². The van der Waals surface area contributed by atoms with Crippen LogP contribution in [-0.4, -0.2) is 47.7 Å². The summed E-state index contributed by atoms with van der Waals surface area (Å²) in [4.78, 5) is 14.6. The molecule has 3 atom stereocenters. The molecular weight excluding hydrogens is 528 g/mol. The summed E-state index contributed by atoms with van der Waals surface area (Å²) >= 11 is 5.36. The smallest absolute Gasteiger partial charge is 0.254 e. The zero-order chi connectivity index (χ0) is 28.3. The zero-order valence-corrected chi connectivity index (χ0v) is 23.4. The molecular formula is C31H32N2O6S. The van der Waals surface area contributed by atoms with Gasteiger partial charge in [-0.1, -0.05) is 54.6 Å². The summed E-state index contributed by atoms with van der Waals surface area (Å²) in [6.45, 7) is 1.79. The lowest BCUT2D eigenvalue weighted by Gasteiger charge is -2.37. The lowest BCUT2D eigenvalue weighted by Crippen LogP contribution is -2.38. The normalized spacial score (nSPS) is 18.9. The highest BCUT2D eigenvalue weighted by molar-refractivity contribution is 7.71. The van der Waals surface area contributed by atoms with Crippen molar-refractivity contribution in [3.63, 3.8) is 0 Å². The molecule has 1 aliphatic heterocycles. The molecule has 1 saturated heterocycles. The van der Waals surface area contributed by atoms with Crippen LogP contribution in [0, 0.1) is 11.7 Å². The number of ether oxygens (including phenoxy) is 4. The van der Waals surface area contributed by atoms with E-state index in [1.54, 1.807) is 31.9 Å². The zero-order valence-electron chi connectivity index (χ0n) is 22.6. The Morgan fingerprint density at radius 2 is 1.50 bits per heavy atom. The lowest BCUT2D eigenvalue weighted by atomic mass is 9.80. The van der Waals surface area contributed by atoms with E-state index in [1.807, 2.05) is 78.9 Å². The molecule has 8 nitrogen and oxygen atoms in total. The van der Waals surface area contributed by atoms with Gasteiger partial charge in [0, 0.05) is 18.2 Å². The fourth-order valence-corrected chi connectivity index (χ4v) is 5.38. The second kappa shape index (κ2) is 11.8. The van der Waals surface area contributed by atoms with Crippen LogP contribution in [-0.2, 0) is 15.1 Å². The summed E-state index contributed by atoms with van der Waals surface area (Å²) in [6, 6.07) is 25.5. The van der Waals surface area contributed by atoms with Gasteiger partial charge in [0.25, 0.3) is 5.56 Å². The molecule has 1 fully saturated rings. The van der Waals surface area contributed by atoms with Gasteiger partial charge < -0.3 is 24.1 Å². The summed E-state index contributed by atoms with van der Waals surface area (Å²) in [5.41, 5.74) is 1.90. The second-order valence-electron chi connectivity index (χ2n) is 9.73. The lowest BCUT2D eigenvalue weighted by molar-refractivity contribution is -0.0941. The molecule has 3 aromatic carbocycles. The number of H-pyrrole nitrogens is 1. The van der Waals surface area contributed by atoms with Crippen molar-refractivity contribution in [1.29, 1.82) is 0 Å². The molecule has 5 rings (SSSR count). The Bertz CT molecular complexity index is 1500. The molecule has 2 heterocycles. The number of aliphatic hydroxyl groups excluding tert-OH is 1. The first-order chi connectivity index (χ1) is 19.3. The molecule has 0 amide bonds. The van der Waals surface area contributed by atoms with Crippen LogP contribution < -0.4 is 15.0 Å². The van der Waals surface area contributed by atoms with Crippen LogP contribution in [0.25, 0.3) is 0 Å². The average molecular weight is 561 g/mol. The van der Waals surface area contributed by atoms with Crippen LogP contribution in [0.3, 0.4) is 0 Å². The molecule has 0 aliphatic carbocycles. The third-order valence-corrected chi connectivity index (χ3v) is 7.61. The van der Waals surface area contributed by atoms with Crippen LogP contribution in [0.5, 0.6) is 11.5 Å². The van der Waals surface area contributed by atoms with E-state index in [2.05, 4.69) is 4.98 Å². The minimum absolute atomic E-state index is 0.0836. The monoisotopic (exact) mass is 560 g/mol. The maximum atomic E-state index is 12.0. The van der Waals surface area contributed by atoms with Crippen molar-refractivity contribution in [2.45, 2.75) is 37.4 Å². The van der Waals surface area contributed by atoms with Crippen molar-refractivity contribution < 1.29 is 24.1 Å². The number of methoxy groups -OCH3 is 2. The topological polar surface area (TPSA) is 94.9 Å². The maximum Gasteiger partial charge on any atom is 0.254 e. The van der Waals surface area contributed by atoms with Gasteiger partial charge >= 0.3 is 0 Å². The SMILES string of the molecule is COc1ccc(C(OC[C@@H]2O[C@H](n3cc(C)c(=O)[nH]c3=S)C[C@H]2O)(c2ccccc2)c2ccc(OC)cc2)cc1. The Balaban J connectivity index is 1.54. The Morgan fingerprint density at radius 1 is 0.950 bits per heavy atom. The van der Waals surface area contributed by atoms with E-state index < -0.39 is 24.0 Å². The Hall–Kier alpha value is -3.76. The van der Waals surface area contributed by atoms with E-state index in [9.17, 15) is 9.90 Å². The highest BCUT2D eigenvalue weighted by atomic mass is 32.1. The van der Waals surface area contributed by atoms with E-state index in [4.69, 9.17) is 31.2 Å². The number of hydrogen-bond donors (Lipinski definition) is 2. The summed E-state index contributed by atoms with van der Waals surface area (Å²) in [5, 5.41) is 11.0. The molecule has 0 radical (unpaired) electrons. The molecule has 4 aromatic rings. The van der Waals surface area contributed by atoms with E-state index in [0.29, 0.717) is 12.0 Å². The van der Waals surface area contributed by atoms with Crippen LogP contribution in [0.1, 0.15) is 34.9 Å². The first-order valence-electron chi connectivity index (χ1n) is 13.0. The number of aromatic nitrogens is 2. The average Bonchev–Trinajstić information content (AvgIpc) is 3.36. The number of aryl methyl sites for hydroxylation is 1. The molecule has 1 aliphatic rings. The van der Waals surface area contributed by atoms with Crippen molar-refractivity contribution >= 4 is 12.2 Å². The molecule has 0 unspecified atom stereocenters. The second-order valence-corrected chi connectivity index (χ2v) is 10.1. The molecule has 40 heavy (non-hydrogen) atoms. The molecule has 1 aromatic heterocycles. The Kier molecular flexibility index (Phi) is 8.18. The van der Waals surface area contributed by atoms with E-state index in [1.165, 1.54) is 0 Å². The van der Waals surface area contributed by atoms with Crippen molar-refractivity contribution in [2.75, 3.05) is 20.8 Å².